The minimum Gasteiger partial charge on any atom is -0.378 e. The third-order valence-electron chi connectivity index (χ3n) is 4.29. The van der Waals surface area contributed by atoms with Gasteiger partial charge in [-0.15, -0.1) is 0 Å². The lowest BCUT2D eigenvalue weighted by Gasteiger charge is -2.14. The van der Waals surface area contributed by atoms with Crippen LogP contribution in [0.25, 0.3) is 0 Å². The van der Waals surface area contributed by atoms with Crippen LogP contribution in [0, 0.1) is 0 Å². The highest BCUT2D eigenvalue weighted by atomic mass is 32.2. The molecule has 3 aromatic rings. The predicted molar refractivity (Wildman–Crippen MR) is 107 cm³/mol. The van der Waals surface area contributed by atoms with Gasteiger partial charge in [0.25, 0.3) is 0 Å². The summed E-state index contributed by atoms with van der Waals surface area (Å²) in [6.45, 7) is 0. The number of hydrogen-bond donors (Lipinski definition) is 0. The Morgan fingerprint density at radius 2 is 1.23 bits per heavy atom. The second-order valence-electron chi connectivity index (χ2n) is 6.31. The average Bonchev–Trinajstić information content (AvgIpc) is 2.69. The molecule has 0 radical (unpaired) electrons. The zero-order valence-corrected chi connectivity index (χ0v) is 15.8. The maximum atomic E-state index is 13.9. The Balaban J connectivity index is 1.96. The van der Waals surface area contributed by atoms with Crippen LogP contribution in [0.1, 0.15) is 10.4 Å². The molecular formula is C22H22NO2S+. The maximum absolute atomic E-state index is 13.9. The van der Waals surface area contributed by atoms with Gasteiger partial charge in [-0.25, -0.2) is 0 Å². The topological polar surface area (TPSA) is 37.4 Å². The van der Waals surface area contributed by atoms with E-state index in [1.807, 2.05) is 91.8 Å². The standard InChI is InChI=1S/C22H22NO2S/c1-23(2)19-15-13-18(14-16-19)22(24)17-26(25,20-9-5-3-6-10-20)21-11-7-4-8-12-21/h3-16H,17H2,1-2H3/q+1. The van der Waals surface area contributed by atoms with Crippen molar-refractivity contribution in [2.45, 2.75) is 9.79 Å². The molecule has 0 amide bonds. The summed E-state index contributed by atoms with van der Waals surface area (Å²) in [6, 6.07) is 25.9. The highest BCUT2D eigenvalue weighted by molar-refractivity contribution is 8.03. The Morgan fingerprint density at radius 1 is 0.769 bits per heavy atom. The van der Waals surface area contributed by atoms with E-state index >= 15 is 0 Å². The van der Waals surface area contributed by atoms with Crippen molar-refractivity contribution in [3.05, 3.63) is 90.5 Å². The van der Waals surface area contributed by atoms with E-state index in [2.05, 4.69) is 0 Å². The number of nitrogens with zero attached hydrogens (tertiary/aromatic N) is 1. The first-order valence-corrected chi connectivity index (χ1v) is 10.2. The zero-order chi connectivity index (χ0) is 18.6. The predicted octanol–water partition coefficient (Wildman–Crippen LogP) is 4.55. The molecule has 0 fully saturated rings. The molecule has 3 nitrogen and oxygen atoms in total. The van der Waals surface area contributed by atoms with E-state index in [0.717, 1.165) is 5.69 Å². The van der Waals surface area contributed by atoms with Gasteiger partial charge in [0.15, 0.2) is 25.5 Å². The van der Waals surface area contributed by atoms with Crippen LogP contribution >= 0.6 is 0 Å². The van der Waals surface area contributed by atoms with Gasteiger partial charge < -0.3 is 4.90 Å². The van der Waals surface area contributed by atoms with Gasteiger partial charge in [-0.3, -0.25) is 4.79 Å². The number of benzene rings is 3. The molecule has 4 heteroatoms. The van der Waals surface area contributed by atoms with Gasteiger partial charge in [0.1, 0.15) is 0 Å². The molecule has 0 aliphatic heterocycles. The smallest absolute Gasteiger partial charge is 0.212 e. The molecular weight excluding hydrogens is 342 g/mol. The zero-order valence-electron chi connectivity index (χ0n) is 15.0. The second kappa shape index (κ2) is 7.67. The van der Waals surface area contributed by atoms with Gasteiger partial charge in [-0.2, -0.15) is 0 Å². The first-order valence-electron chi connectivity index (χ1n) is 8.43. The van der Waals surface area contributed by atoms with Crippen molar-refractivity contribution in [1.82, 2.24) is 0 Å². The van der Waals surface area contributed by atoms with Gasteiger partial charge in [-0.05, 0) is 48.5 Å². The van der Waals surface area contributed by atoms with Gasteiger partial charge in [0.2, 0.25) is 5.78 Å². The summed E-state index contributed by atoms with van der Waals surface area (Å²) in [4.78, 5) is 16.2. The van der Waals surface area contributed by atoms with Crippen LogP contribution in [0.5, 0.6) is 0 Å². The minimum absolute atomic E-state index is 0.0393. The minimum atomic E-state index is -2.68. The molecule has 0 heterocycles. The molecule has 3 rings (SSSR count). The summed E-state index contributed by atoms with van der Waals surface area (Å²) in [7, 11) is 1.23. The van der Waals surface area contributed by atoms with Crippen LogP contribution in [0.3, 0.4) is 0 Å². The molecule has 0 N–H and O–H groups in total. The third-order valence-corrected chi connectivity index (χ3v) is 7.02. The van der Waals surface area contributed by atoms with E-state index in [0.29, 0.717) is 15.4 Å². The Kier molecular flexibility index (Phi) is 5.33. The summed E-state index contributed by atoms with van der Waals surface area (Å²) in [5.74, 6) is -0.157. The fraction of sp³-hybridized carbons (Fsp3) is 0.136. The van der Waals surface area contributed by atoms with Crippen LogP contribution in [0.2, 0.25) is 0 Å². The summed E-state index contributed by atoms with van der Waals surface area (Å²) < 4.78 is 13.9. The van der Waals surface area contributed by atoms with Crippen LogP contribution in [-0.2, 0) is 14.1 Å². The van der Waals surface area contributed by atoms with Gasteiger partial charge in [-0.1, -0.05) is 40.6 Å². The Labute approximate surface area is 155 Å². The number of ketones is 1. The molecule has 0 saturated carbocycles. The molecule has 0 spiro atoms. The van der Waals surface area contributed by atoms with E-state index in [-0.39, 0.29) is 11.5 Å². The molecule has 0 aliphatic carbocycles. The summed E-state index contributed by atoms with van der Waals surface area (Å²) in [6.07, 6.45) is 0. The molecule has 0 aromatic heterocycles. The number of carbonyl (C=O) groups excluding carboxylic acids is 1. The van der Waals surface area contributed by atoms with E-state index in [4.69, 9.17) is 0 Å². The Bertz CT molecular complexity index is 876. The lowest BCUT2D eigenvalue weighted by atomic mass is 10.1. The van der Waals surface area contributed by atoms with Crippen molar-refractivity contribution in [2.75, 3.05) is 24.7 Å². The number of rotatable bonds is 6. The molecule has 0 saturated heterocycles. The molecule has 0 bridgehead atoms. The number of carbonyl (C=O) groups is 1. The average molecular weight is 364 g/mol. The SMILES string of the molecule is CN(C)c1ccc(C(=O)C[S+](=O)(c2ccccc2)c2ccccc2)cc1. The Morgan fingerprint density at radius 3 is 1.65 bits per heavy atom. The molecule has 0 aliphatic rings. The third kappa shape index (κ3) is 3.75. The molecule has 0 unspecified atom stereocenters. The van der Waals surface area contributed by atoms with Gasteiger partial charge >= 0.3 is 0 Å². The lowest BCUT2D eigenvalue weighted by molar-refractivity contribution is 0.102. The van der Waals surface area contributed by atoms with Crippen LogP contribution in [-0.4, -0.2) is 25.6 Å². The summed E-state index contributed by atoms with van der Waals surface area (Å²) in [5.41, 5.74) is 1.60. The number of hydrogen-bond acceptors (Lipinski definition) is 3. The molecule has 26 heavy (non-hydrogen) atoms. The van der Waals surface area contributed by atoms with Crippen LogP contribution in [0.4, 0.5) is 5.69 Å². The first-order chi connectivity index (χ1) is 12.5. The molecule has 132 valence electrons. The monoisotopic (exact) mass is 364 g/mol. The summed E-state index contributed by atoms with van der Waals surface area (Å²) >= 11 is 0. The lowest BCUT2D eigenvalue weighted by Crippen LogP contribution is -2.23. The second-order valence-corrected chi connectivity index (χ2v) is 8.89. The van der Waals surface area contributed by atoms with Crippen molar-refractivity contribution in [3.63, 3.8) is 0 Å². The normalized spacial score (nSPS) is 11.2. The van der Waals surface area contributed by atoms with Crippen molar-refractivity contribution in [2.24, 2.45) is 0 Å². The van der Waals surface area contributed by atoms with Crippen molar-refractivity contribution >= 4 is 21.4 Å². The van der Waals surface area contributed by atoms with Gasteiger partial charge in [0, 0.05) is 25.3 Å². The van der Waals surface area contributed by atoms with Crippen molar-refractivity contribution in [3.8, 4) is 0 Å². The van der Waals surface area contributed by atoms with E-state index in [9.17, 15) is 9.00 Å². The maximum Gasteiger partial charge on any atom is 0.212 e. The van der Waals surface area contributed by atoms with Gasteiger partial charge in [0.05, 0.1) is 0 Å². The fourth-order valence-corrected chi connectivity index (χ4v) is 5.13. The summed E-state index contributed by atoms with van der Waals surface area (Å²) in [5, 5.41) is 0. The Hall–Kier alpha value is -2.72. The largest absolute Gasteiger partial charge is 0.378 e. The number of Topliss-reactive ketones (excluding diaryl/α,β-unsaturated/α-hetero) is 1. The fourth-order valence-electron chi connectivity index (χ4n) is 2.80. The van der Waals surface area contributed by atoms with E-state index in [1.54, 1.807) is 12.1 Å². The van der Waals surface area contributed by atoms with E-state index < -0.39 is 9.93 Å². The highest BCUT2D eigenvalue weighted by Crippen LogP contribution is 2.30. The van der Waals surface area contributed by atoms with Crippen molar-refractivity contribution in [1.29, 1.82) is 0 Å². The highest BCUT2D eigenvalue weighted by Gasteiger charge is 2.37. The van der Waals surface area contributed by atoms with E-state index in [1.165, 1.54) is 0 Å². The quantitative estimate of drug-likeness (QED) is 0.475. The number of anilines is 1. The first kappa shape index (κ1) is 18.1. The molecule has 0 atom stereocenters. The van der Waals surface area contributed by atoms with Crippen LogP contribution < -0.4 is 4.90 Å². The van der Waals surface area contributed by atoms with Crippen molar-refractivity contribution < 1.29 is 9.00 Å². The molecule has 3 aromatic carbocycles. The van der Waals surface area contributed by atoms with Crippen LogP contribution in [0.15, 0.2) is 94.7 Å².